The number of piperidine rings is 1. The number of rotatable bonds is 6. The molecule has 2 unspecified atom stereocenters. The summed E-state index contributed by atoms with van der Waals surface area (Å²) in [5, 5.41) is 13.1. The van der Waals surface area contributed by atoms with Gasteiger partial charge in [-0.05, 0) is 43.1 Å². The molecule has 1 aliphatic carbocycles. The van der Waals surface area contributed by atoms with Crippen LogP contribution in [0, 0.1) is 11.8 Å². The summed E-state index contributed by atoms with van der Waals surface area (Å²) >= 11 is 0. The van der Waals surface area contributed by atoms with Crippen molar-refractivity contribution in [3.8, 4) is 0 Å². The highest BCUT2D eigenvalue weighted by Crippen LogP contribution is 2.42. The van der Waals surface area contributed by atoms with Crippen LogP contribution in [0.1, 0.15) is 37.3 Å². The molecule has 2 N–H and O–H groups in total. The lowest BCUT2D eigenvalue weighted by atomic mass is 9.99. The molecule has 5 nitrogen and oxygen atoms in total. The van der Waals surface area contributed by atoms with E-state index in [0.29, 0.717) is 17.9 Å². The van der Waals surface area contributed by atoms with Gasteiger partial charge in [0.1, 0.15) is 18.0 Å². The van der Waals surface area contributed by atoms with Crippen molar-refractivity contribution in [1.29, 1.82) is 0 Å². The monoisotopic (exact) mass is 338 g/mol. The van der Waals surface area contributed by atoms with Crippen LogP contribution in [0.3, 0.4) is 0 Å². The maximum Gasteiger partial charge on any atom is 0.134 e. The number of hydrogen-bond donors (Lipinski definition) is 2. The summed E-state index contributed by atoms with van der Waals surface area (Å²) in [6.07, 6.45) is 6.40. The molecule has 1 saturated heterocycles. The van der Waals surface area contributed by atoms with Crippen LogP contribution in [-0.2, 0) is 0 Å². The number of nitrogens with one attached hydrogen (secondary N) is 1. The predicted molar refractivity (Wildman–Crippen MR) is 99.6 cm³/mol. The third kappa shape index (κ3) is 3.93. The molecule has 2 fully saturated rings. The van der Waals surface area contributed by atoms with Gasteiger partial charge in [0.15, 0.2) is 0 Å². The number of aliphatic hydroxyl groups excluding tert-OH is 1. The number of nitrogens with zero attached hydrogens (tertiary/aromatic N) is 3. The van der Waals surface area contributed by atoms with E-state index in [2.05, 4.69) is 56.6 Å². The zero-order chi connectivity index (χ0) is 17.1. The van der Waals surface area contributed by atoms with E-state index < -0.39 is 0 Å². The third-order valence-electron chi connectivity index (χ3n) is 5.31. The quantitative estimate of drug-likeness (QED) is 0.847. The van der Waals surface area contributed by atoms with Crippen LogP contribution in [0.15, 0.2) is 42.7 Å². The minimum Gasteiger partial charge on any atom is -0.396 e. The minimum absolute atomic E-state index is 0.254. The molecule has 2 aromatic rings. The zero-order valence-corrected chi connectivity index (χ0v) is 14.5. The molecular weight excluding hydrogens is 312 g/mol. The second-order valence-corrected chi connectivity index (χ2v) is 7.27. The zero-order valence-electron chi connectivity index (χ0n) is 14.5. The normalized spacial score (nSPS) is 21.8. The molecule has 1 aliphatic heterocycles. The molecule has 1 aromatic heterocycles. The Hall–Kier alpha value is -2.14. The van der Waals surface area contributed by atoms with Crippen LogP contribution >= 0.6 is 0 Å². The molecule has 0 bridgehead atoms. The molecule has 1 aromatic carbocycles. The molecular formula is C20H26N4O. The first kappa shape index (κ1) is 16.3. The number of aliphatic hydroxyl groups is 1. The largest absolute Gasteiger partial charge is 0.396 e. The Morgan fingerprint density at radius 2 is 2.00 bits per heavy atom. The summed E-state index contributed by atoms with van der Waals surface area (Å²) < 4.78 is 0. The summed E-state index contributed by atoms with van der Waals surface area (Å²) in [5.74, 6) is 2.88. The standard InChI is InChI=1S/C20H26N4O/c25-13-15-5-4-10-24(12-15)19-11-18(21-14-22-19)23-20(17-8-9-17)16-6-2-1-3-7-16/h1-3,6-7,11,14-15,17,20,25H,4-5,8-10,12-13H2,(H,21,22,23). The second-order valence-electron chi connectivity index (χ2n) is 7.27. The molecule has 4 rings (SSSR count). The van der Waals surface area contributed by atoms with Gasteiger partial charge < -0.3 is 15.3 Å². The molecule has 0 amide bonds. The summed E-state index contributed by atoms with van der Waals surface area (Å²) in [7, 11) is 0. The second kappa shape index (κ2) is 7.40. The topological polar surface area (TPSA) is 61.3 Å². The maximum absolute atomic E-state index is 9.45. The number of hydrogen-bond acceptors (Lipinski definition) is 5. The van der Waals surface area contributed by atoms with E-state index in [1.54, 1.807) is 6.33 Å². The Labute approximate surface area is 149 Å². The highest BCUT2D eigenvalue weighted by Gasteiger charge is 2.32. The SMILES string of the molecule is OCC1CCCN(c2cc(NC(c3ccccc3)C3CC3)ncn2)C1. The van der Waals surface area contributed by atoms with Crippen LogP contribution < -0.4 is 10.2 Å². The predicted octanol–water partition coefficient (Wildman–Crippen LogP) is 3.25. The molecule has 132 valence electrons. The summed E-state index contributed by atoms with van der Waals surface area (Å²) in [6, 6.07) is 13.0. The maximum atomic E-state index is 9.45. The Kier molecular flexibility index (Phi) is 4.83. The van der Waals surface area contributed by atoms with Crippen molar-refractivity contribution in [1.82, 2.24) is 9.97 Å². The molecule has 0 radical (unpaired) electrons. The summed E-state index contributed by atoms with van der Waals surface area (Å²) in [5.41, 5.74) is 1.32. The Bertz CT molecular complexity index is 689. The first-order chi connectivity index (χ1) is 12.3. The van der Waals surface area contributed by atoms with Gasteiger partial charge in [-0.2, -0.15) is 0 Å². The number of anilines is 2. The van der Waals surface area contributed by atoms with E-state index in [0.717, 1.165) is 37.6 Å². The van der Waals surface area contributed by atoms with Gasteiger partial charge in [0.25, 0.3) is 0 Å². The van der Waals surface area contributed by atoms with Crippen LogP contribution in [0.4, 0.5) is 11.6 Å². The van der Waals surface area contributed by atoms with Gasteiger partial charge in [-0.15, -0.1) is 0 Å². The average Bonchev–Trinajstić information content (AvgIpc) is 3.52. The van der Waals surface area contributed by atoms with Crippen molar-refractivity contribution in [2.45, 2.75) is 31.7 Å². The van der Waals surface area contributed by atoms with Gasteiger partial charge >= 0.3 is 0 Å². The average molecular weight is 338 g/mol. The molecule has 5 heteroatoms. The van der Waals surface area contributed by atoms with Gasteiger partial charge in [0.2, 0.25) is 0 Å². The lowest BCUT2D eigenvalue weighted by Gasteiger charge is -2.32. The number of benzene rings is 1. The Morgan fingerprint density at radius 3 is 2.76 bits per heavy atom. The van der Waals surface area contributed by atoms with Crippen molar-refractivity contribution in [3.63, 3.8) is 0 Å². The smallest absolute Gasteiger partial charge is 0.134 e. The molecule has 2 atom stereocenters. The Morgan fingerprint density at radius 1 is 1.16 bits per heavy atom. The van der Waals surface area contributed by atoms with Gasteiger partial charge in [-0.25, -0.2) is 9.97 Å². The highest BCUT2D eigenvalue weighted by atomic mass is 16.3. The fraction of sp³-hybridized carbons (Fsp3) is 0.500. The van der Waals surface area contributed by atoms with Gasteiger partial charge in [0, 0.05) is 25.8 Å². The third-order valence-corrected chi connectivity index (χ3v) is 5.31. The lowest BCUT2D eigenvalue weighted by Crippen LogP contribution is -2.37. The molecule has 2 heterocycles. The van der Waals surface area contributed by atoms with Crippen LogP contribution in [-0.4, -0.2) is 34.8 Å². The summed E-state index contributed by atoms with van der Waals surface area (Å²) in [4.78, 5) is 11.2. The van der Waals surface area contributed by atoms with E-state index in [9.17, 15) is 5.11 Å². The van der Waals surface area contributed by atoms with E-state index in [4.69, 9.17) is 0 Å². The van der Waals surface area contributed by atoms with Crippen molar-refractivity contribution >= 4 is 11.6 Å². The fourth-order valence-corrected chi connectivity index (χ4v) is 3.74. The van der Waals surface area contributed by atoms with Gasteiger partial charge in [0.05, 0.1) is 6.04 Å². The van der Waals surface area contributed by atoms with Crippen LogP contribution in [0.25, 0.3) is 0 Å². The summed E-state index contributed by atoms with van der Waals surface area (Å²) in [6.45, 7) is 2.12. The molecule has 25 heavy (non-hydrogen) atoms. The van der Waals surface area contributed by atoms with Crippen molar-refractivity contribution in [3.05, 3.63) is 48.3 Å². The van der Waals surface area contributed by atoms with E-state index in [-0.39, 0.29) is 6.61 Å². The van der Waals surface area contributed by atoms with E-state index in [1.807, 2.05) is 0 Å². The van der Waals surface area contributed by atoms with E-state index in [1.165, 1.54) is 18.4 Å². The number of aromatic nitrogens is 2. The van der Waals surface area contributed by atoms with Crippen molar-refractivity contribution in [2.24, 2.45) is 11.8 Å². The minimum atomic E-state index is 0.254. The van der Waals surface area contributed by atoms with Gasteiger partial charge in [-0.1, -0.05) is 30.3 Å². The fourth-order valence-electron chi connectivity index (χ4n) is 3.74. The van der Waals surface area contributed by atoms with Crippen LogP contribution in [0.5, 0.6) is 0 Å². The van der Waals surface area contributed by atoms with Crippen molar-refractivity contribution in [2.75, 3.05) is 29.9 Å². The highest BCUT2D eigenvalue weighted by molar-refractivity contribution is 5.50. The molecule has 0 spiro atoms. The first-order valence-electron chi connectivity index (χ1n) is 9.33. The van der Waals surface area contributed by atoms with Crippen LogP contribution in [0.2, 0.25) is 0 Å². The van der Waals surface area contributed by atoms with Gasteiger partial charge in [-0.3, -0.25) is 0 Å². The van der Waals surface area contributed by atoms with Crippen molar-refractivity contribution < 1.29 is 5.11 Å². The Balaban J connectivity index is 1.51. The lowest BCUT2D eigenvalue weighted by molar-refractivity contribution is 0.208. The molecule has 1 saturated carbocycles. The first-order valence-corrected chi connectivity index (χ1v) is 9.33. The van der Waals surface area contributed by atoms with E-state index >= 15 is 0 Å². The molecule has 2 aliphatic rings.